The Morgan fingerprint density at radius 2 is 1.62 bits per heavy atom. The van der Waals surface area contributed by atoms with Crippen LogP contribution in [0.4, 0.5) is 0 Å². The van der Waals surface area contributed by atoms with Crippen molar-refractivity contribution in [2.45, 2.75) is 25.4 Å². The highest BCUT2D eigenvalue weighted by Crippen LogP contribution is 2.33. The third-order valence-corrected chi connectivity index (χ3v) is 6.37. The molecule has 0 aromatic heterocycles. The van der Waals surface area contributed by atoms with Gasteiger partial charge >= 0.3 is 11.8 Å². The zero-order valence-corrected chi connectivity index (χ0v) is 17.7. The maximum atomic E-state index is 12.9. The molecule has 0 saturated carbocycles. The number of benzene rings is 2. The van der Waals surface area contributed by atoms with Crippen LogP contribution < -0.4 is 9.47 Å². The van der Waals surface area contributed by atoms with E-state index >= 15 is 0 Å². The molecule has 2 saturated heterocycles. The predicted molar refractivity (Wildman–Crippen MR) is 115 cm³/mol. The summed E-state index contributed by atoms with van der Waals surface area (Å²) in [6.07, 6.45) is 1.32. The van der Waals surface area contributed by atoms with Crippen LogP contribution in [0.15, 0.2) is 48.5 Å². The first-order valence-electron chi connectivity index (χ1n) is 10.9. The molecule has 0 N–H and O–H groups in total. The van der Waals surface area contributed by atoms with Gasteiger partial charge in [-0.1, -0.05) is 30.3 Å². The normalized spacial score (nSPS) is 18.9. The molecule has 32 heavy (non-hydrogen) atoms. The van der Waals surface area contributed by atoms with Crippen molar-refractivity contribution in [2.75, 3.05) is 33.0 Å². The highest BCUT2D eigenvalue weighted by molar-refractivity contribution is 6.35. The van der Waals surface area contributed by atoms with Crippen LogP contribution in [0.2, 0.25) is 0 Å². The summed E-state index contributed by atoms with van der Waals surface area (Å²) in [6, 6.07) is 14.9. The molecular formula is C24H25N3O5. The van der Waals surface area contributed by atoms with Gasteiger partial charge in [-0.25, -0.2) is 0 Å². The van der Waals surface area contributed by atoms with E-state index in [9.17, 15) is 14.4 Å². The molecule has 166 valence electrons. The predicted octanol–water partition coefficient (Wildman–Crippen LogP) is 1.89. The quantitative estimate of drug-likeness (QED) is 0.686. The first kappa shape index (κ1) is 20.4. The highest BCUT2D eigenvalue weighted by Gasteiger charge is 2.38. The first-order chi connectivity index (χ1) is 15.6. The van der Waals surface area contributed by atoms with Crippen molar-refractivity contribution < 1.29 is 23.9 Å². The van der Waals surface area contributed by atoms with E-state index in [1.54, 1.807) is 32.9 Å². The van der Waals surface area contributed by atoms with Crippen molar-refractivity contribution in [3.05, 3.63) is 59.7 Å². The van der Waals surface area contributed by atoms with Gasteiger partial charge in [-0.3, -0.25) is 14.4 Å². The van der Waals surface area contributed by atoms with Gasteiger partial charge in [0.05, 0.1) is 0 Å². The molecule has 8 nitrogen and oxygen atoms in total. The molecule has 0 aliphatic carbocycles. The molecular weight excluding hydrogens is 410 g/mol. The smallest absolute Gasteiger partial charge is 0.312 e. The summed E-state index contributed by atoms with van der Waals surface area (Å²) in [4.78, 5) is 43.5. The Kier molecular flexibility index (Phi) is 5.43. The number of amides is 3. The molecule has 0 bridgehead atoms. The van der Waals surface area contributed by atoms with E-state index in [-0.39, 0.29) is 18.7 Å². The molecule has 2 aromatic carbocycles. The summed E-state index contributed by atoms with van der Waals surface area (Å²) < 4.78 is 10.7. The second-order valence-electron chi connectivity index (χ2n) is 8.30. The summed E-state index contributed by atoms with van der Waals surface area (Å²) in [5, 5.41) is 0. The zero-order valence-electron chi connectivity index (χ0n) is 17.7. The lowest BCUT2D eigenvalue weighted by Gasteiger charge is -2.42. The van der Waals surface area contributed by atoms with Crippen LogP contribution in [0.5, 0.6) is 11.5 Å². The molecule has 3 amide bonds. The number of carbonyl (C=O) groups excluding carboxylic acids is 3. The minimum atomic E-state index is -0.445. The van der Waals surface area contributed by atoms with Gasteiger partial charge in [0.15, 0.2) is 11.5 Å². The van der Waals surface area contributed by atoms with Crippen molar-refractivity contribution >= 4 is 17.7 Å². The molecule has 3 aliphatic heterocycles. The summed E-state index contributed by atoms with van der Waals surface area (Å²) in [5.41, 5.74) is 1.57. The van der Waals surface area contributed by atoms with Crippen LogP contribution in [0, 0.1) is 0 Å². The van der Waals surface area contributed by atoms with Gasteiger partial charge in [0.2, 0.25) is 6.79 Å². The van der Waals surface area contributed by atoms with Gasteiger partial charge in [-0.15, -0.1) is 0 Å². The van der Waals surface area contributed by atoms with E-state index in [0.717, 1.165) is 5.56 Å². The number of piperazine rings is 1. The van der Waals surface area contributed by atoms with Crippen LogP contribution in [0.3, 0.4) is 0 Å². The maximum Gasteiger partial charge on any atom is 0.312 e. The fraction of sp³-hybridized carbons (Fsp3) is 0.375. The molecule has 2 fully saturated rings. The Balaban J connectivity index is 1.17. The monoisotopic (exact) mass is 435 g/mol. The lowest BCUT2D eigenvalue weighted by molar-refractivity contribution is -0.158. The average Bonchev–Trinajstić information content (AvgIpc) is 3.31. The Bertz CT molecular complexity index is 1030. The topological polar surface area (TPSA) is 79.4 Å². The van der Waals surface area contributed by atoms with Crippen molar-refractivity contribution in [3.8, 4) is 11.5 Å². The standard InChI is InChI=1S/C24H25N3O5/c28-22(18-6-7-20-21(14-18)32-16-31-20)25-10-8-19(9-11-25)27-13-12-26(23(29)24(27)30)15-17-4-2-1-3-5-17/h1-7,14,19H,8-13,15-16H2. The van der Waals surface area contributed by atoms with Crippen molar-refractivity contribution in [1.29, 1.82) is 0 Å². The molecule has 2 aromatic rings. The Labute approximate surface area is 186 Å². The maximum absolute atomic E-state index is 12.9. The molecule has 3 heterocycles. The Hall–Kier alpha value is -3.55. The van der Waals surface area contributed by atoms with E-state index in [1.807, 2.05) is 30.3 Å². The Morgan fingerprint density at radius 1 is 0.875 bits per heavy atom. The molecule has 8 heteroatoms. The molecule has 0 unspecified atom stereocenters. The van der Waals surface area contributed by atoms with E-state index in [4.69, 9.17) is 9.47 Å². The SMILES string of the molecule is O=C1C(=O)N(C2CCN(C(=O)c3ccc4c(c3)OCO4)CC2)CCN1Cc1ccccc1. The average molecular weight is 435 g/mol. The summed E-state index contributed by atoms with van der Waals surface area (Å²) >= 11 is 0. The second-order valence-corrected chi connectivity index (χ2v) is 8.30. The van der Waals surface area contributed by atoms with Gasteiger partial charge in [0, 0.05) is 44.3 Å². The van der Waals surface area contributed by atoms with Gasteiger partial charge in [-0.05, 0) is 36.6 Å². The van der Waals surface area contributed by atoms with E-state index in [2.05, 4.69) is 0 Å². The van der Waals surface area contributed by atoms with Crippen LogP contribution in [0.1, 0.15) is 28.8 Å². The summed E-state index contributed by atoms with van der Waals surface area (Å²) in [5.74, 6) is 0.293. The largest absolute Gasteiger partial charge is 0.454 e. The van der Waals surface area contributed by atoms with Crippen molar-refractivity contribution in [1.82, 2.24) is 14.7 Å². The fourth-order valence-corrected chi connectivity index (χ4v) is 4.59. The number of ether oxygens (including phenoxy) is 2. The van der Waals surface area contributed by atoms with Crippen LogP contribution in [0.25, 0.3) is 0 Å². The van der Waals surface area contributed by atoms with Crippen LogP contribution in [-0.2, 0) is 16.1 Å². The van der Waals surface area contributed by atoms with Crippen LogP contribution >= 0.6 is 0 Å². The number of fused-ring (bicyclic) bond motifs is 1. The highest BCUT2D eigenvalue weighted by atomic mass is 16.7. The minimum Gasteiger partial charge on any atom is -0.454 e. The first-order valence-corrected chi connectivity index (χ1v) is 10.9. The molecule has 5 rings (SSSR count). The minimum absolute atomic E-state index is 0.0221. The fourth-order valence-electron chi connectivity index (χ4n) is 4.59. The van der Waals surface area contributed by atoms with Gasteiger partial charge in [0.25, 0.3) is 5.91 Å². The number of piperidine rings is 1. The zero-order chi connectivity index (χ0) is 22.1. The molecule has 0 spiro atoms. The van der Waals surface area contributed by atoms with Gasteiger partial charge < -0.3 is 24.2 Å². The number of nitrogens with zero attached hydrogens (tertiary/aromatic N) is 3. The number of hydrogen-bond donors (Lipinski definition) is 0. The van der Waals surface area contributed by atoms with Gasteiger partial charge in [0.1, 0.15) is 0 Å². The third kappa shape index (κ3) is 3.88. The Morgan fingerprint density at radius 3 is 2.41 bits per heavy atom. The van der Waals surface area contributed by atoms with Gasteiger partial charge in [-0.2, -0.15) is 0 Å². The molecule has 0 atom stereocenters. The number of likely N-dealkylation sites (tertiary alicyclic amines) is 1. The summed E-state index contributed by atoms with van der Waals surface area (Å²) in [7, 11) is 0. The lowest BCUT2D eigenvalue weighted by Crippen LogP contribution is -2.59. The van der Waals surface area contributed by atoms with E-state index in [0.29, 0.717) is 62.6 Å². The van der Waals surface area contributed by atoms with Crippen molar-refractivity contribution in [3.63, 3.8) is 0 Å². The third-order valence-electron chi connectivity index (χ3n) is 6.37. The van der Waals surface area contributed by atoms with E-state index < -0.39 is 11.8 Å². The number of hydrogen-bond acceptors (Lipinski definition) is 5. The van der Waals surface area contributed by atoms with Crippen molar-refractivity contribution in [2.24, 2.45) is 0 Å². The molecule has 0 radical (unpaired) electrons. The lowest BCUT2D eigenvalue weighted by atomic mass is 10.0. The number of carbonyl (C=O) groups is 3. The molecule has 3 aliphatic rings. The summed E-state index contributed by atoms with van der Waals surface area (Å²) in [6.45, 7) is 2.76. The number of rotatable bonds is 4. The van der Waals surface area contributed by atoms with E-state index in [1.165, 1.54) is 0 Å². The van der Waals surface area contributed by atoms with Crippen LogP contribution in [-0.4, -0.2) is 71.4 Å². The second kappa shape index (κ2) is 8.53.